The van der Waals surface area contributed by atoms with Crippen LogP contribution in [-0.2, 0) is 18.9 Å². The fraction of sp³-hybridized carbons (Fsp3) is 0.250. The molecular weight excluding hydrogens is 728 g/mol. The van der Waals surface area contributed by atoms with Crippen molar-refractivity contribution in [1.82, 2.24) is 24.8 Å². The van der Waals surface area contributed by atoms with Crippen molar-refractivity contribution in [2.45, 2.75) is 45.6 Å². The molecule has 13 heteroatoms. The van der Waals surface area contributed by atoms with Crippen LogP contribution < -0.4 is 26.0 Å². The number of halogens is 1. The van der Waals surface area contributed by atoms with E-state index in [0.29, 0.717) is 39.1 Å². The Morgan fingerprint density at radius 2 is 1.82 bits per heavy atom. The molecule has 3 aromatic carbocycles. The first kappa shape index (κ1) is 37.0. The van der Waals surface area contributed by atoms with Crippen molar-refractivity contribution in [2.24, 2.45) is 14.1 Å². The number of ether oxygens (including phenoxy) is 1. The summed E-state index contributed by atoms with van der Waals surface area (Å²) in [5, 5.41) is 5.72. The minimum Gasteiger partial charge on any atom is -0.483 e. The van der Waals surface area contributed by atoms with Gasteiger partial charge in [-0.2, -0.15) is 0 Å². The third-order valence-corrected chi connectivity index (χ3v) is 10.3. The topological polar surface area (TPSA) is 141 Å². The highest BCUT2D eigenvalue weighted by atomic mass is 19.1. The van der Waals surface area contributed by atoms with Crippen LogP contribution in [0.4, 0.5) is 14.9 Å². The summed E-state index contributed by atoms with van der Waals surface area (Å²) >= 11 is 0. The van der Waals surface area contributed by atoms with Crippen molar-refractivity contribution in [3.05, 3.63) is 117 Å². The molecule has 2 aliphatic rings. The van der Waals surface area contributed by atoms with Crippen molar-refractivity contribution >= 4 is 51.1 Å². The number of benzene rings is 3. The number of imide groups is 1. The second-order valence-corrected chi connectivity index (χ2v) is 15.1. The molecule has 1 fully saturated rings. The van der Waals surface area contributed by atoms with Crippen molar-refractivity contribution in [3.63, 3.8) is 0 Å². The summed E-state index contributed by atoms with van der Waals surface area (Å²) in [6.45, 7) is 8.32. The lowest BCUT2D eigenvalue weighted by Crippen LogP contribution is -2.49. The molecule has 0 saturated carbocycles. The molecule has 5 heterocycles. The maximum absolute atomic E-state index is 16.1. The van der Waals surface area contributed by atoms with Gasteiger partial charge in [0.25, 0.3) is 5.91 Å². The smallest absolute Gasteiger partial charge is 0.328 e. The number of imidazole rings is 1. The van der Waals surface area contributed by atoms with E-state index in [1.807, 2.05) is 26.0 Å². The number of nitrogens with zero attached hydrogens (tertiary/aromatic N) is 4. The number of urea groups is 1. The number of carbonyl (C=O) groups excluding carboxylic acids is 3. The molecule has 0 unspecified atom stereocenters. The van der Waals surface area contributed by atoms with E-state index in [2.05, 4.69) is 47.4 Å². The second kappa shape index (κ2) is 14.0. The number of anilines is 1. The van der Waals surface area contributed by atoms with Crippen LogP contribution >= 0.6 is 0 Å². The first-order valence-electron chi connectivity index (χ1n) is 18.5. The van der Waals surface area contributed by atoms with Gasteiger partial charge in [0.2, 0.25) is 5.91 Å². The number of aromatic nitrogens is 3. The van der Waals surface area contributed by atoms with Crippen LogP contribution in [0.2, 0.25) is 0 Å². The second-order valence-electron chi connectivity index (χ2n) is 15.1. The average molecular weight is 767 g/mol. The van der Waals surface area contributed by atoms with Crippen molar-refractivity contribution in [1.29, 1.82) is 0 Å². The lowest BCUT2D eigenvalue weighted by molar-refractivity contribution is -0.120. The summed E-state index contributed by atoms with van der Waals surface area (Å²) in [7, 11) is 3.53. The van der Waals surface area contributed by atoms with Crippen molar-refractivity contribution in [2.75, 3.05) is 18.0 Å². The Labute approximate surface area is 326 Å². The Bertz CT molecular complexity index is 2830. The number of nitrogens with one attached hydrogen (secondary N) is 2. The summed E-state index contributed by atoms with van der Waals surface area (Å²) < 4.78 is 31.3. The molecule has 2 aliphatic heterocycles. The molecule has 1 saturated heterocycles. The zero-order valence-electron chi connectivity index (χ0n) is 32.2. The van der Waals surface area contributed by atoms with Crippen LogP contribution in [0.5, 0.6) is 5.75 Å². The Hall–Kier alpha value is -6.94. The quantitative estimate of drug-likeness (QED) is 0.178. The highest BCUT2D eigenvalue weighted by molar-refractivity contribution is 6.09. The van der Waals surface area contributed by atoms with Gasteiger partial charge in [0.1, 0.15) is 34.7 Å². The first-order chi connectivity index (χ1) is 27.2. The van der Waals surface area contributed by atoms with Gasteiger partial charge in [0.05, 0.1) is 23.3 Å². The fourth-order valence-corrected chi connectivity index (χ4v) is 7.47. The first-order valence-corrected chi connectivity index (χ1v) is 18.5. The number of hydrogen-bond donors (Lipinski definition) is 2. The minimum absolute atomic E-state index is 0.0315. The molecule has 0 atom stereocenters. The van der Waals surface area contributed by atoms with E-state index in [1.165, 1.54) is 29.5 Å². The zero-order valence-corrected chi connectivity index (χ0v) is 32.2. The average Bonchev–Trinajstić information content (AvgIpc) is 3.69. The van der Waals surface area contributed by atoms with Gasteiger partial charge in [-0.1, -0.05) is 31.8 Å². The number of pyridine rings is 1. The van der Waals surface area contributed by atoms with Crippen LogP contribution in [0.1, 0.15) is 72.8 Å². The lowest BCUT2D eigenvalue weighted by atomic mass is 9.86. The predicted octanol–water partition coefficient (Wildman–Crippen LogP) is 6.78. The van der Waals surface area contributed by atoms with E-state index in [9.17, 15) is 19.2 Å². The largest absolute Gasteiger partial charge is 0.483 e. The van der Waals surface area contributed by atoms with Gasteiger partial charge in [-0.15, -0.1) is 0 Å². The highest BCUT2D eigenvalue weighted by Crippen LogP contribution is 2.44. The number of rotatable bonds is 6. The summed E-state index contributed by atoms with van der Waals surface area (Å²) in [6, 6.07) is 15.1. The molecule has 12 nitrogen and oxygen atoms in total. The van der Waals surface area contributed by atoms with Crippen LogP contribution in [-0.4, -0.2) is 50.7 Å². The SMILES string of the molecule is CC(C)c1cc(C2=CC(C)(C)Oc3cc(-c4ccc(C(=O)NCC#Cc5ccc6occ(N7CCC(=O)NC7=O)c6c5)nc4)c(F)cc32)cc2c1n(C)c(=O)n2C. The molecule has 0 bridgehead atoms. The van der Waals surface area contributed by atoms with E-state index in [4.69, 9.17) is 9.15 Å². The van der Waals surface area contributed by atoms with E-state index in [1.54, 1.807) is 53.6 Å². The standard InChI is InChI=1S/C44H39FN6O6/c1-24(2)28-17-27(18-35-40(28)50(6)43(55)49(35)5)32-21-44(3,4)57-38-20-29(33(45)19-30(32)38)26-10-11-34(47-22-26)41(53)46-14-7-8-25-9-12-37-31(16-25)36(23-56-37)51-15-13-39(52)48-42(51)54/h9-12,16-24H,13-15H2,1-6H3,(H,46,53)(H,48,52,54). The van der Waals surface area contributed by atoms with Gasteiger partial charge in [-0.3, -0.25) is 33.9 Å². The maximum atomic E-state index is 16.1. The van der Waals surface area contributed by atoms with Crippen LogP contribution in [0.15, 0.2) is 82.3 Å². The lowest BCUT2D eigenvalue weighted by Gasteiger charge is -2.32. The van der Waals surface area contributed by atoms with E-state index in [-0.39, 0.29) is 48.3 Å². The van der Waals surface area contributed by atoms with E-state index >= 15 is 4.39 Å². The normalized spacial score (nSPS) is 14.9. The molecule has 57 heavy (non-hydrogen) atoms. The molecule has 4 amide bonds. The molecule has 8 rings (SSSR count). The number of furan rings is 1. The molecule has 6 aromatic rings. The van der Waals surface area contributed by atoms with Crippen LogP contribution in [0, 0.1) is 17.7 Å². The molecule has 288 valence electrons. The third-order valence-electron chi connectivity index (χ3n) is 10.3. The Kier molecular flexibility index (Phi) is 9.07. The fourth-order valence-electron chi connectivity index (χ4n) is 7.47. The van der Waals surface area contributed by atoms with Crippen molar-refractivity contribution in [3.8, 4) is 28.7 Å². The third kappa shape index (κ3) is 6.73. The van der Waals surface area contributed by atoms with Gasteiger partial charge in [-0.05, 0) is 91.1 Å². The summed E-state index contributed by atoms with van der Waals surface area (Å²) in [4.78, 5) is 55.6. The molecule has 0 radical (unpaired) electrons. The number of fused-ring (bicyclic) bond motifs is 3. The molecule has 0 aliphatic carbocycles. The zero-order chi connectivity index (χ0) is 40.3. The molecular formula is C44H39FN6O6. The van der Waals surface area contributed by atoms with Crippen LogP contribution in [0.25, 0.3) is 38.7 Å². The van der Waals surface area contributed by atoms with Gasteiger partial charge >= 0.3 is 11.7 Å². The minimum atomic E-state index is -0.723. The maximum Gasteiger partial charge on any atom is 0.328 e. The van der Waals surface area contributed by atoms with E-state index in [0.717, 1.165) is 27.7 Å². The number of amides is 4. The highest BCUT2D eigenvalue weighted by Gasteiger charge is 2.31. The number of carbonyl (C=O) groups is 3. The predicted molar refractivity (Wildman–Crippen MR) is 215 cm³/mol. The van der Waals surface area contributed by atoms with Crippen LogP contribution in [0.3, 0.4) is 0 Å². The summed E-state index contributed by atoms with van der Waals surface area (Å²) in [5.41, 5.74) is 6.70. The summed E-state index contributed by atoms with van der Waals surface area (Å²) in [5.74, 6) is 5.31. The summed E-state index contributed by atoms with van der Waals surface area (Å²) in [6.07, 6.45) is 5.09. The molecule has 3 aromatic heterocycles. The Morgan fingerprint density at radius 3 is 2.56 bits per heavy atom. The Balaban J connectivity index is 0.996. The Morgan fingerprint density at radius 1 is 1.02 bits per heavy atom. The van der Waals surface area contributed by atoms with E-state index < -0.39 is 23.4 Å². The molecule has 2 N–H and O–H groups in total. The number of aryl methyl sites for hydroxylation is 2. The van der Waals surface area contributed by atoms with Gasteiger partial charge in [0, 0.05) is 60.9 Å². The van der Waals surface area contributed by atoms with Gasteiger partial charge in [-0.25, -0.2) is 14.0 Å². The monoisotopic (exact) mass is 766 g/mol. The van der Waals surface area contributed by atoms with Gasteiger partial charge < -0.3 is 14.5 Å². The van der Waals surface area contributed by atoms with Gasteiger partial charge in [0.15, 0.2) is 0 Å². The number of hydrogen-bond acceptors (Lipinski definition) is 7. The van der Waals surface area contributed by atoms with Crippen molar-refractivity contribution < 1.29 is 27.9 Å². The molecule has 0 spiro atoms.